The van der Waals surface area contributed by atoms with Crippen molar-refractivity contribution in [2.24, 2.45) is 11.7 Å². The van der Waals surface area contributed by atoms with Crippen LogP contribution in [0.5, 0.6) is 0 Å². The average molecular weight is 277 g/mol. The third kappa shape index (κ3) is 2.51. The van der Waals surface area contributed by atoms with E-state index in [4.69, 9.17) is 5.73 Å². The summed E-state index contributed by atoms with van der Waals surface area (Å²) in [4.78, 5) is 0. The summed E-state index contributed by atoms with van der Waals surface area (Å²) in [5.74, 6) is 2.09. The van der Waals surface area contributed by atoms with E-state index >= 15 is 0 Å². The maximum Gasteiger partial charge on any atom is 0.0329 e. The van der Waals surface area contributed by atoms with Crippen LogP contribution in [-0.2, 0) is 0 Å². The highest BCUT2D eigenvalue weighted by atomic mass is 14.7. The number of benzene rings is 2. The van der Waals surface area contributed by atoms with Crippen LogP contribution in [0.25, 0.3) is 0 Å². The van der Waals surface area contributed by atoms with E-state index in [2.05, 4.69) is 54.6 Å². The molecule has 4 rings (SSSR count). The highest BCUT2D eigenvalue weighted by Crippen LogP contribution is 2.53. The second kappa shape index (κ2) is 5.31. The average Bonchev–Trinajstić information content (AvgIpc) is 3.27. The summed E-state index contributed by atoms with van der Waals surface area (Å²) in [6.07, 6.45) is 5.36. The molecule has 2 aliphatic rings. The van der Waals surface area contributed by atoms with Gasteiger partial charge in [0.25, 0.3) is 0 Å². The van der Waals surface area contributed by atoms with Gasteiger partial charge in [-0.05, 0) is 53.7 Å². The molecule has 2 aliphatic carbocycles. The molecule has 3 unspecified atom stereocenters. The van der Waals surface area contributed by atoms with Crippen molar-refractivity contribution in [3.05, 3.63) is 71.3 Å². The molecule has 2 N–H and O–H groups in total. The number of rotatable bonds is 4. The van der Waals surface area contributed by atoms with Crippen LogP contribution >= 0.6 is 0 Å². The molecule has 0 saturated heterocycles. The topological polar surface area (TPSA) is 26.0 Å². The molecule has 0 spiro atoms. The van der Waals surface area contributed by atoms with Gasteiger partial charge >= 0.3 is 0 Å². The molecule has 2 aromatic rings. The van der Waals surface area contributed by atoms with Gasteiger partial charge in [-0.15, -0.1) is 0 Å². The minimum absolute atomic E-state index is 0.186. The monoisotopic (exact) mass is 277 g/mol. The zero-order chi connectivity index (χ0) is 14.2. The smallest absolute Gasteiger partial charge is 0.0329 e. The van der Waals surface area contributed by atoms with E-state index in [0.717, 1.165) is 5.92 Å². The zero-order valence-corrected chi connectivity index (χ0v) is 12.4. The fourth-order valence-corrected chi connectivity index (χ4v) is 3.67. The van der Waals surface area contributed by atoms with Gasteiger partial charge in [-0.1, -0.05) is 61.0 Å². The van der Waals surface area contributed by atoms with Crippen molar-refractivity contribution in [1.82, 2.24) is 0 Å². The molecule has 1 nitrogen and oxygen atoms in total. The van der Waals surface area contributed by atoms with Crippen LogP contribution in [0.2, 0.25) is 0 Å². The lowest BCUT2D eigenvalue weighted by Gasteiger charge is -2.26. The predicted molar refractivity (Wildman–Crippen MR) is 87.3 cm³/mol. The van der Waals surface area contributed by atoms with Crippen LogP contribution in [0.4, 0.5) is 0 Å². The largest absolute Gasteiger partial charge is 0.324 e. The Morgan fingerprint density at radius 1 is 0.857 bits per heavy atom. The quantitative estimate of drug-likeness (QED) is 0.857. The summed E-state index contributed by atoms with van der Waals surface area (Å²) in [5.41, 5.74) is 10.8. The summed E-state index contributed by atoms with van der Waals surface area (Å²) < 4.78 is 0. The van der Waals surface area contributed by atoms with Crippen LogP contribution in [0.1, 0.15) is 60.3 Å². The van der Waals surface area contributed by atoms with Crippen molar-refractivity contribution in [3.63, 3.8) is 0 Å². The fraction of sp³-hybridized carbons (Fsp3) is 0.400. The second-order valence-corrected chi connectivity index (χ2v) is 6.74. The highest BCUT2D eigenvalue weighted by Gasteiger charge is 2.42. The first-order chi connectivity index (χ1) is 10.3. The minimum Gasteiger partial charge on any atom is -0.324 e. The Hall–Kier alpha value is -1.60. The Balaban J connectivity index is 1.44. The first-order valence-corrected chi connectivity index (χ1v) is 8.23. The molecule has 0 amide bonds. The van der Waals surface area contributed by atoms with Crippen LogP contribution in [0.15, 0.2) is 54.6 Å². The van der Waals surface area contributed by atoms with Crippen LogP contribution < -0.4 is 5.73 Å². The summed E-state index contributed by atoms with van der Waals surface area (Å²) in [6, 6.07) is 20.1. The van der Waals surface area contributed by atoms with E-state index in [-0.39, 0.29) is 6.04 Å². The Labute approximate surface area is 127 Å². The van der Waals surface area contributed by atoms with E-state index < -0.39 is 0 Å². The third-order valence-electron chi connectivity index (χ3n) is 5.43. The van der Waals surface area contributed by atoms with Gasteiger partial charge in [0.1, 0.15) is 0 Å². The van der Waals surface area contributed by atoms with Crippen molar-refractivity contribution >= 4 is 0 Å². The molecule has 108 valence electrons. The Morgan fingerprint density at radius 2 is 1.57 bits per heavy atom. The van der Waals surface area contributed by atoms with Gasteiger partial charge in [0, 0.05) is 6.04 Å². The molecule has 0 aromatic heterocycles. The molecule has 21 heavy (non-hydrogen) atoms. The van der Waals surface area contributed by atoms with Gasteiger partial charge in [0.05, 0.1) is 0 Å². The van der Waals surface area contributed by atoms with Crippen molar-refractivity contribution in [1.29, 1.82) is 0 Å². The Bertz CT molecular complexity index is 597. The molecule has 3 atom stereocenters. The lowest BCUT2D eigenvalue weighted by Crippen LogP contribution is -2.14. The van der Waals surface area contributed by atoms with E-state index in [1.807, 2.05) is 0 Å². The second-order valence-electron chi connectivity index (χ2n) is 6.74. The lowest BCUT2D eigenvalue weighted by atomic mass is 9.79. The van der Waals surface area contributed by atoms with Crippen LogP contribution in [0, 0.1) is 5.92 Å². The summed E-state index contributed by atoms with van der Waals surface area (Å²) >= 11 is 0. The van der Waals surface area contributed by atoms with E-state index in [1.54, 1.807) is 0 Å². The minimum atomic E-state index is 0.186. The van der Waals surface area contributed by atoms with Gasteiger partial charge in [0.2, 0.25) is 0 Å². The van der Waals surface area contributed by atoms with Crippen molar-refractivity contribution in [2.75, 3.05) is 0 Å². The molecule has 0 bridgehead atoms. The van der Waals surface area contributed by atoms with Crippen molar-refractivity contribution in [3.8, 4) is 0 Å². The Morgan fingerprint density at radius 3 is 2.19 bits per heavy atom. The lowest BCUT2D eigenvalue weighted by molar-refractivity contribution is 0.419. The van der Waals surface area contributed by atoms with Crippen molar-refractivity contribution in [2.45, 2.75) is 43.6 Å². The van der Waals surface area contributed by atoms with Gasteiger partial charge in [0.15, 0.2) is 0 Å². The standard InChI is InChI=1S/C20H23N/c21-20(19-13-18(19)16-5-2-1-3-6-16)17-11-9-15(10-12-17)14-7-4-8-14/h1-3,5-6,9-12,14,18-20H,4,7-8,13,21H2. The van der Waals surface area contributed by atoms with Crippen LogP contribution in [0.3, 0.4) is 0 Å². The predicted octanol–water partition coefficient (Wildman–Crippen LogP) is 4.76. The first-order valence-electron chi connectivity index (χ1n) is 8.23. The first kappa shape index (κ1) is 13.1. The van der Waals surface area contributed by atoms with E-state index in [0.29, 0.717) is 11.8 Å². The molecule has 2 saturated carbocycles. The normalized spacial score (nSPS) is 26.1. The molecule has 2 aromatic carbocycles. The number of hydrogen-bond donors (Lipinski definition) is 1. The molecule has 0 radical (unpaired) electrons. The fourth-order valence-electron chi connectivity index (χ4n) is 3.67. The maximum absolute atomic E-state index is 6.50. The summed E-state index contributed by atoms with van der Waals surface area (Å²) in [6.45, 7) is 0. The third-order valence-corrected chi connectivity index (χ3v) is 5.43. The van der Waals surface area contributed by atoms with E-state index in [9.17, 15) is 0 Å². The van der Waals surface area contributed by atoms with Gasteiger partial charge in [-0.2, -0.15) is 0 Å². The van der Waals surface area contributed by atoms with Gasteiger partial charge in [-0.25, -0.2) is 0 Å². The summed E-state index contributed by atoms with van der Waals surface area (Å²) in [5, 5.41) is 0. The highest BCUT2D eigenvalue weighted by molar-refractivity contribution is 5.33. The number of hydrogen-bond acceptors (Lipinski definition) is 1. The molecular formula is C20H23N. The maximum atomic E-state index is 6.50. The molecule has 1 heteroatoms. The van der Waals surface area contributed by atoms with E-state index in [1.165, 1.54) is 42.4 Å². The molecule has 0 aliphatic heterocycles. The molecule has 0 heterocycles. The zero-order valence-electron chi connectivity index (χ0n) is 12.4. The molecule has 2 fully saturated rings. The Kier molecular flexibility index (Phi) is 3.31. The van der Waals surface area contributed by atoms with Gasteiger partial charge < -0.3 is 5.73 Å². The molecular weight excluding hydrogens is 254 g/mol. The van der Waals surface area contributed by atoms with Gasteiger partial charge in [-0.3, -0.25) is 0 Å². The van der Waals surface area contributed by atoms with Crippen LogP contribution in [-0.4, -0.2) is 0 Å². The summed E-state index contributed by atoms with van der Waals surface area (Å²) in [7, 11) is 0. The van der Waals surface area contributed by atoms with Crippen molar-refractivity contribution < 1.29 is 0 Å². The SMILES string of the molecule is NC(c1ccc(C2CCC2)cc1)C1CC1c1ccccc1. The number of nitrogens with two attached hydrogens (primary N) is 1.